The van der Waals surface area contributed by atoms with Crippen LogP contribution in [0.15, 0.2) is 22.7 Å². The Balaban J connectivity index is 2.16. The van der Waals surface area contributed by atoms with Gasteiger partial charge >= 0.3 is 5.69 Å². The number of nitrogens with zero attached hydrogens (tertiary/aromatic N) is 1. The average molecular weight is 301 g/mol. The molecule has 0 bridgehead atoms. The summed E-state index contributed by atoms with van der Waals surface area (Å²) >= 11 is 3.22. The van der Waals surface area contributed by atoms with Crippen molar-refractivity contribution in [1.82, 2.24) is 5.32 Å². The van der Waals surface area contributed by atoms with Crippen molar-refractivity contribution in [2.45, 2.75) is 18.9 Å². The first-order valence-corrected chi connectivity index (χ1v) is 6.27. The summed E-state index contributed by atoms with van der Waals surface area (Å²) in [4.78, 5) is 10.5. The molecule has 1 aliphatic heterocycles. The van der Waals surface area contributed by atoms with Crippen LogP contribution in [0.3, 0.4) is 0 Å². The summed E-state index contributed by atoms with van der Waals surface area (Å²) in [6.45, 7) is 1.73. The molecule has 1 aromatic carbocycles. The quantitative estimate of drug-likeness (QED) is 0.688. The van der Waals surface area contributed by atoms with Crippen molar-refractivity contribution in [2.24, 2.45) is 0 Å². The number of hydrogen-bond donors (Lipinski definition) is 1. The van der Waals surface area contributed by atoms with Crippen molar-refractivity contribution in [3.8, 4) is 5.75 Å². The van der Waals surface area contributed by atoms with E-state index in [0.29, 0.717) is 10.2 Å². The Kier molecular flexibility index (Phi) is 3.96. The fourth-order valence-electron chi connectivity index (χ4n) is 1.83. The van der Waals surface area contributed by atoms with Crippen molar-refractivity contribution in [3.63, 3.8) is 0 Å². The zero-order chi connectivity index (χ0) is 12.3. The summed E-state index contributed by atoms with van der Waals surface area (Å²) < 4.78 is 6.36. The molecule has 2 rings (SSSR count). The Hall–Kier alpha value is -1.14. The highest BCUT2D eigenvalue weighted by Crippen LogP contribution is 2.31. The van der Waals surface area contributed by atoms with E-state index >= 15 is 0 Å². The lowest BCUT2D eigenvalue weighted by atomic mass is 10.1. The van der Waals surface area contributed by atoms with E-state index in [2.05, 4.69) is 21.2 Å². The van der Waals surface area contributed by atoms with Gasteiger partial charge in [0.2, 0.25) is 0 Å². The largest absolute Gasteiger partial charge is 0.482 e. The minimum absolute atomic E-state index is 0.00458. The lowest BCUT2D eigenvalue weighted by Gasteiger charge is -2.23. The maximum absolute atomic E-state index is 10.9. The van der Waals surface area contributed by atoms with Gasteiger partial charge in [0.05, 0.1) is 4.92 Å². The zero-order valence-electron chi connectivity index (χ0n) is 9.19. The number of piperidine rings is 1. The van der Waals surface area contributed by atoms with E-state index in [1.165, 1.54) is 6.07 Å². The second-order valence-corrected chi connectivity index (χ2v) is 4.87. The van der Waals surface area contributed by atoms with Crippen molar-refractivity contribution < 1.29 is 9.66 Å². The van der Waals surface area contributed by atoms with Crippen LogP contribution >= 0.6 is 15.9 Å². The normalized spacial score (nSPS) is 19.9. The summed E-state index contributed by atoms with van der Waals surface area (Å²) in [5, 5.41) is 14.1. The Morgan fingerprint density at radius 3 is 3.00 bits per heavy atom. The lowest BCUT2D eigenvalue weighted by molar-refractivity contribution is -0.386. The van der Waals surface area contributed by atoms with E-state index in [1.54, 1.807) is 12.1 Å². The first-order valence-electron chi connectivity index (χ1n) is 5.48. The van der Waals surface area contributed by atoms with Gasteiger partial charge < -0.3 is 10.1 Å². The molecule has 1 heterocycles. The van der Waals surface area contributed by atoms with Gasteiger partial charge in [-0.25, -0.2) is 0 Å². The predicted molar refractivity (Wildman–Crippen MR) is 67.3 cm³/mol. The van der Waals surface area contributed by atoms with Crippen LogP contribution in [-0.4, -0.2) is 24.1 Å². The van der Waals surface area contributed by atoms with Crippen LogP contribution in [0.4, 0.5) is 5.69 Å². The van der Waals surface area contributed by atoms with Crippen molar-refractivity contribution in [3.05, 3.63) is 32.8 Å². The smallest absolute Gasteiger partial charge is 0.312 e. The lowest BCUT2D eigenvalue weighted by Crippen LogP contribution is -2.37. The van der Waals surface area contributed by atoms with Crippen molar-refractivity contribution in [2.75, 3.05) is 13.1 Å². The number of hydrogen-bond acceptors (Lipinski definition) is 4. The Morgan fingerprint density at radius 2 is 2.35 bits per heavy atom. The third kappa shape index (κ3) is 3.17. The molecule has 0 aliphatic carbocycles. The second kappa shape index (κ2) is 5.46. The van der Waals surface area contributed by atoms with Gasteiger partial charge in [-0.1, -0.05) is 15.9 Å². The topological polar surface area (TPSA) is 64.4 Å². The van der Waals surface area contributed by atoms with Crippen LogP contribution < -0.4 is 10.1 Å². The van der Waals surface area contributed by atoms with E-state index in [-0.39, 0.29) is 11.8 Å². The molecule has 1 saturated heterocycles. The molecule has 0 unspecified atom stereocenters. The Bertz CT molecular complexity index is 419. The third-order valence-corrected chi connectivity index (χ3v) is 3.16. The number of nitro benzene ring substituents is 1. The monoisotopic (exact) mass is 300 g/mol. The number of nitro groups is 1. The number of rotatable bonds is 3. The van der Waals surface area contributed by atoms with Gasteiger partial charge in [0.25, 0.3) is 0 Å². The van der Waals surface area contributed by atoms with Crippen LogP contribution in [0.1, 0.15) is 12.8 Å². The maximum atomic E-state index is 10.9. The molecule has 1 fully saturated rings. The summed E-state index contributed by atoms with van der Waals surface area (Å²) in [7, 11) is 0. The van der Waals surface area contributed by atoms with Crippen LogP contribution in [0.25, 0.3) is 0 Å². The first-order chi connectivity index (χ1) is 8.16. The molecule has 0 amide bonds. The van der Waals surface area contributed by atoms with Gasteiger partial charge in [-0.2, -0.15) is 0 Å². The molecule has 17 heavy (non-hydrogen) atoms. The van der Waals surface area contributed by atoms with Crippen LogP contribution in [-0.2, 0) is 0 Å². The van der Waals surface area contributed by atoms with Crippen LogP contribution in [0.5, 0.6) is 5.75 Å². The molecular formula is C11H13BrN2O3. The summed E-state index contributed by atoms with van der Waals surface area (Å²) in [5.41, 5.74) is 0.00458. The van der Waals surface area contributed by atoms with Gasteiger partial charge in [-0.05, 0) is 31.5 Å². The summed E-state index contributed by atoms with van der Waals surface area (Å²) in [5.74, 6) is 0.340. The number of benzene rings is 1. The molecule has 0 aromatic heterocycles. The highest BCUT2D eigenvalue weighted by atomic mass is 79.9. The Labute approximate surface area is 107 Å². The molecular weight excluding hydrogens is 288 g/mol. The molecule has 92 valence electrons. The van der Waals surface area contributed by atoms with Crippen molar-refractivity contribution in [1.29, 1.82) is 0 Å². The fourth-order valence-corrected chi connectivity index (χ4v) is 2.18. The average Bonchev–Trinajstić information content (AvgIpc) is 2.32. The molecule has 0 saturated carbocycles. The molecule has 0 radical (unpaired) electrons. The van der Waals surface area contributed by atoms with Crippen LogP contribution in [0, 0.1) is 10.1 Å². The minimum Gasteiger partial charge on any atom is -0.482 e. The first kappa shape index (κ1) is 12.3. The van der Waals surface area contributed by atoms with E-state index < -0.39 is 4.92 Å². The molecule has 1 atom stereocenters. The summed E-state index contributed by atoms with van der Waals surface area (Å²) in [6.07, 6.45) is 1.98. The van der Waals surface area contributed by atoms with Gasteiger partial charge in [0.1, 0.15) is 6.10 Å². The van der Waals surface area contributed by atoms with Gasteiger partial charge in [0.15, 0.2) is 5.75 Å². The Morgan fingerprint density at radius 1 is 1.53 bits per heavy atom. The van der Waals surface area contributed by atoms with E-state index in [1.807, 2.05) is 0 Å². The van der Waals surface area contributed by atoms with Gasteiger partial charge in [-0.15, -0.1) is 0 Å². The summed E-state index contributed by atoms with van der Waals surface area (Å²) in [6, 6.07) is 4.85. The molecule has 6 heteroatoms. The number of nitrogens with one attached hydrogen (secondary N) is 1. The molecule has 1 N–H and O–H groups in total. The standard InChI is InChI=1S/C11H13BrN2O3/c12-8-3-4-11(10(6-8)14(15)16)17-9-2-1-5-13-7-9/h3-4,6,9,13H,1-2,5,7H2/t9-/m1/s1. The third-order valence-electron chi connectivity index (χ3n) is 2.66. The molecule has 1 aliphatic rings. The highest BCUT2D eigenvalue weighted by Gasteiger charge is 2.20. The predicted octanol–water partition coefficient (Wildman–Crippen LogP) is 2.49. The molecule has 5 nitrogen and oxygen atoms in total. The number of ether oxygens (including phenoxy) is 1. The number of halogens is 1. The SMILES string of the molecule is O=[N+]([O-])c1cc(Br)ccc1O[C@@H]1CCCNC1. The van der Waals surface area contributed by atoms with E-state index in [4.69, 9.17) is 4.74 Å². The maximum Gasteiger partial charge on any atom is 0.312 e. The van der Waals surface area contributed by atoms with Gasteiger partial charge in [-0.3, -0.25) is 10.1 Å². The van der Waals surface area contributed by atoms with E-state index in [0.717, 1.165) is 25.9 Å². The second-order valence-electron chi connectivity index (χ2n) is 3.96. The fraction of sp³-hybridized carbons (Fsp3) is 0.455. The van der Waals surface area contributed by atoms with Gasteiger partial charge in [0, 0.05) is 17.1 Å². The zero-order valence-corrected chi connectivity index (χ0v) is 10.8. The van der Waals surface area contributed by atoms with Crippen molar-refractivity contribution >= 4 is 21.6 Å². The van der Waals surface area contributed by atoms with Crippen LogP contribution in [0.2, 0.25) is 0 Å². The van der Waals surface area contributed by atoms with E-state index in [9.17, 15) is 10.1 Å². The molecule has 1 aromatic rings. The molecule has 0 spiro atoms. The highest BCUT2D eigenvalue weighted by molar-refractivity contribution is 9.10. The minimum atomic E-state index is -0.420.